The van der Waals surface area contributed by atoms with Crippen molar-refractivity contribution in [1.29, 1.82) is 0 Å². The minimum absolute atomic E-state index is 0.199. The molecular formula is C15H23ClFN. The molecule has 0 spiro atoms. The van der Waals surface area contributed by atoms with Crippen LogP contribution in [0.1, 0.15) is 39.2 Å². The van der Waals surface area contributed by atoms with Gasteiger partial charge in [0.2, 0.25) is 0 Å². The average Bonchev–Trinajstić information content (AvgIpc) is 2.29. The first-order chi connectivity index (χ1) is 8.52. The van der Waals surface area contributed by atoms with Crippen LogP contribution < -0.4 is 5.32 Å². The fourth-order valence-corrected chi connectivity index (χ4v) is 2.21. The zero-order valence-electron chi connectivity index (χ0n) is 11.5. The van der Waals surface area contributed by atoms with Crippen molar-refractivity contribution in [3.63, 3.8) is 0 Å². The highest BCUT2D eigenvalue weighted by Crippen LogP contribution is 2.18. The fraction of sp³-hybridized carbons (Fsp3) is 0.600. The molecule has 0 bridgehead atoms. The Bertz CT molecular complexity index is 366. The van der Waals surface area contributed by atoms with E-state index in [0.29, 0.717) is 17.0 Å². The predicted octanol–water partition coefficient (Wildman–Crippen LogP) is 4.44. The number of hydrogen-bond donors (Lipinski definition) is 1. The van der Waals surface area contributed by atoms with Crippen LogP contribution >= 0.6 is 11.6 Å². The zero-order valence-corrected chi connectivity index (χ0v) is 12.2. The maximum absolute atomic E-state index is 13.7. The van der Waals surface area contributed by atoms with Gasteiger partial charge in [0.1, 0.15) is 5.82 Å². The van der Waals surface area contributed by atoms with Crippen LogP contribution in [0, 0.1) is 11.7 Å². The minimum Gasteiger partial charge on any atom is -0.314 e. The molecule has 0 fully saturated rings. The van der Waals surface area contributed by atoms with E-state index in [4.69, 9.17) is 11.6 Å². The predicted molar refractivity (Wildman–Crippen MR) is 76.7 cm³/mol. The lowest BCUT2D eigenvalue weighted by atomic mass is 9.97. The third-order valence-electron chi connectivity index (χ3n) is 3.07. The summed E-state index contributed by atoms with van der Waals surface area (Å²) in [6.07, 6.45) is 2.96. The topological polar surface area (TPSA) is 12.0 Å². The van der Waals surface area contributed by atoms with E-state index in [1.807, 2.05) is 0 Å². The molecule has 102 valence electrons. The van der Waals surface area contributed by atoms with Crippen molar-refractivity contribution in [2.45, 2.75) is 46.1 Å². The van der Waals surface area contributed by atoms with Crippen LogP contribution in [-0.4, -0.2) is 12.6 Å². The van der Waals surface area contributed by atoms with Crippen LogP contribution in [0.3, 0.4) is 0 Å². The van der Waals surface area contributed by atoms with E-state index in [2.05, 4.69) is 26.1 Å². The summed E-state index contributed by atoms with van der Waals surface area (Å²) in [6, 6.07) is 5.28. The van der Waals surface area contributed by atoms with E-state index in [9.17, 15) is 4.39 Å². The first kappa shape index (κ1) is 15.5. The Balaban J connectivity index is 2.64. The van der Waals surface area contributed by atoms with Crippen molar-refractivity contribution < 1.29 is 4.39 Å². The lowest BCUT2D eigenvalue weighted by Gasteiger charge is -2.19. The quantitative estimate of drug-likeness (QED) is 0.773. The van der Waals surface area contributed by atoms with E-state index >= 15 is 0 Å². The molecule has 0 aliphatic rings. The number of rotatable bonds is 7. The van der Waals surface area contributed by atoms with Gasteiger partial charge in [-0.1, -0.05) is 38.4 Å². The van der Waals surface area contributed by atoms with Crippen molar-refractivity contribution in [3.8, 4) is 0 Å². The summed E-state index contributed by atoms with van der Waals surface area (Å²) in [5, 5.41) is 3.89. The van der Waals surface area contributed by atoms with Gasteiger partial charge in [-0.05, 0) is 49.4 Å². The van der Waals surface area contributed by atoms with Crippen molar-refractivity contribution >= 4 is 11.6 Å². The van der Waals surface area contributed by atoms with Gasteiger partial charge >= 0.3 is 0 Å². The molecule has 1 N–H and O–H groups in total. The molecule has 0 amide bonds. The lowest BCUT2D eigenvalue weighted by Crippen LogP contribution is -2.31. The van der Waals surface area contributed by atoms with Gasteiger partial charge in [-0.15, -0.1) is 0 Å². The van der Waals surface area contributed by atoms with Gasteiger partial charge in [0, 0.05) is 11.1 Å². The molecule has 0 saturated carbocycles. The van der Waals surface area contributed by atoms with Gasteiger partial charge in [-0.3, -0.25) is 0 Å². The molecule has 1 unspecified atom stereocenters. The molecular weight excluding hydrogens is 249 g/mol. The maximum Gasteiger partial charge on any atom is 0.127 e. The number of hydrogen-bond acceptors (Lipinski definition) is 1. The number of halogens is 2. The van der Waals surface area contributed by atoms with Crippen molar-refractivity contribution in [2.75, 3.05) is 6.54 Å². The Morgan fingerprint density at radius 1 is 1.28 bits per heavy atom. The molecule has 0 radical (unpaired) electrons. The van der Waals surface area contributed by atoms with Gasteiger partial charge in [0.15, 0.2) is 0 Å². The van der Waals surface area contributed by atoms with Crippen LogP contribution in [-0.2, 0) is 6.42 Å². The first-order valence-corrected chi connectivity index (χ1v) is 7.08. The Labute approximate surface area is 115 Å². The third kappa shape index (κ3) is 5.36. The van der Waals surface area contributed by atoms with Gasteiger partial charge < -0.3 is 5.32 Å². The summed E-state index contributed by atoms with van der Waals surface area (Å²) in [5.41, 5.74) is 0.745. The second-order valence-electron chi connectivity index (χ2n) is 5.17. The number of benzene rings is 1. The lowest BCUT2D eigenvalue weighted by molar-refractivity contribution is 0.429. The van der Waals surface area contributed by atoms with Crippen LogP contribution in [0.5, 0.6) is 0 Å². The third-order valence-corrected chi connectivity index (χ3v) is 3.30. The van der Waals surface area contributed by atoms with Crippen LogP contribution in [0.2, 0.25) is 5.02 Å². The molecule has 0 saturated heterocycles. The Morgan fingerprint density at radius 3 is 2.56 bits per heavy atom. The van der Waals surface area contributed by atoms with Gasteiger partial charge in [0.05, 0.1) is 0 Å². The zero-order chi connectivity index (χ0) is 13.5. The number of nitrogens with one attached hydrogen (secondary N) is 1. The molecule has 1 atom stereocenters. The molecule has 1 aromatic rings. The van der Waals surface area contributed by atoms with E-state index in [1.165, 1.54) is 6.07 Å². The Morgan fingerprint density at radius 2 is 2.00 bits per heavy atom. The second-order valence-corrected chi connectivity index (χ2v) is 5.60. The summed E-state index contributed by atoms with van der Waals surface area (Å²) in [4.78, 5) is 0. The van der Waals surface area contributed by atoms with E-state index in [0.717, 1.165) is 31.4 Å². The highest BCUT2D eigenvalue weighted by molar-refractivity contribution is 6.30. The summed E-state index contributed by atoms with van der Waals surface area (Å²) < 4.78 is 13.7. The monoisotopic (exact) mass is 271 g/mol. The maximum atomic E-state index is 13.7. The standard InChI is InChI=1S/C15H23ClFN/c1-4-18-14(8-5-11(2)3)9-12-6-7-13(16)10-15(12)17/h6-7,10-11,14,18H,4-5,8-9H2,1-3H3. The molecule has 0 aromatic heterocycles. The summed E-state index contributed by atoms with van der Waals surface area (Å²) in [5.74, 6) is 0.483. The van der Waals surface area contributed by atoms with E-state index < -0.39 is 0 Å². The fourth-order valence-electron chi connectivity index (χ4n) is 2.05. The molecule has 0 aliphatic heterocycles. The highest BCUT2D eigenvalue weighted by atomic mass is 35.5. The SMILES string of the molecule is CCNC(CCC(C)C)Cc1ccc(Cl)cc1F. The normalized spacial score (nSPS) is 13.0. The molecule has 18 heavy (non-hydrogen) atoms. The molecule has 0 aliphatic carbocycles. The van der Waals surface area contributed by atoms with Gasteiger partial charge in [-0.2, -0.15) is 0 Å². The van der Waals surface area contributed by atoms with Crippen LogP contribution in [0.15, 0.2) is 18.2 Å². The minimum atomic E-state index is -0.199. The summed E-state index contributed by atoms with van der Waals surface area (Å²) in [6.45, 7) is 7.43. The smallest absolute Gasteiger partial charge is 0.127 e. The molecule has 1 nitrogen and oxygen atoms in total. The second kappa shape index (κ2) is 7.75. The summed E-state index contributed by atoms with van der Waals surface area (Å²) in [7, 11) is 0. The molecule has 3 heteroatoms. The van der Waals surface area contributed by atoms with E-state index in [1.54, 1.807) is 12.1 Å². The number of likely N-dealkylation sites (N-methyl/N-ethyl adjacent to an activating group) is 1. The first-order valence-electron chi connectivity index (χ1n) is 6.70. The van der Waals surface area contributed by atoms with Gasteiger partial charge in [0.25, 0.3) is 0 Å². The van der Waals surface area contributed by atoms with Crippen LogP contribution in [0.4, 0.5) is 4.39 Å². The van der Waals surface area contributed by atoms with Crippen molar-refractivity contribution in [2.24, 2.45) is 5.92 Å². The Kier molecular flexibility index (Phi) is 6.66. The average molecular weight is 272 g/mol. The molecule has 0 heterocycles. The van der Waals surface area contributed by atoms with Crippen molar-refractivity contribution in [3.05, 3.63) is 34.6 Å². The summed E-state index contributed by atoms with van der Waals surface area (Å²) >= 11 is 5.76. The Hall–Kier alpha value is -0.600. The molecule has 1 rings (SSSR count). The highest BCUT2D eigenvalue weighted by Gasteiger charge is 2.12. The van der Waals surface area contributed by atoms with Crippen molar-refractivity contribution in [1.82, 2.24) is 5.32 Å². The van der Waals surface area contributed by atoms with E-state index in [-0.39, 0.29) is 5.82 Å². The molecule has 1 aromatic carbocycles. The van der Waals surface area contributed by atoms with Crippen LogP contribution in [0.25, 0.3) is 0 Å². The largest absolute Gasteiger partial charge is 0.314 e. The van der Waals surface area contributed by atoms with Gasteiger partial charge in [-0.25, -0.2) is 4.39 Å².